The van der Waals surface area contributed by atoms with Crippen LogP contribution in [0.15, 0.2) is 121 Å². The molecule has 0 aliphatic heterocycles. The van der Waals surface area contributed by atoms with E-state index in [0.717, 1.165) is 0 Å². The number of hydrogen-bond acceptors (Lipinski definition) is 2. The van der Waals surface area contributed by atoms with Gasteiger partial charge in [0.2, 0.25) is 0 Å². The second-order valence-corrected chi connectivity index (χ2v) is 9.69. The molecule has 0 heterocycles. The van der Waals surface area contributed by atoms with E-state index in [1.54, 1.807) is 6.92 Å². The molecule has 0 spiro atoms. The van der Waals surface area contributed by atoms with Crippen LogP contribution in [-0.2, 0) is 32.8 Å². The Morgan fingerprint density at radius 3 is 1.22 bits per heavy atom. The maximum Gasteiger partial charge on any atom is 6.00 e. The monoisotopic (exact) mass is 505 g/mol. The minimum absolute atomic E-state index is 0. The van der Waals surface area contributed by atoms with Crippen molar-refractivity contribution in [3.63, 3.8) is 0 Å². The van der Waals surface area contributed by atoms with Crippen molar-refractivity contribution in [2.45, 2.75) is 6.92 Å². The molecule has 0 N–H and O–H groups in total. The second-order valence-electron chi connectivity index (χ2n) is 6.03. The van der Waals surface area contributed by atoms with Crippen molar-refractivity contribution in [3.05, 3.63) is 128 Å². The Kier molecular flexibility index (Phi) is 18.2. The fourth-order valence-corrected chi connectivity index (χ4v) is 5.21. The maximum atomic E-state index is 9.37. The summed E-state index contributed by atoms with van der Waals surface area (Å²) in [6.07, 6.45) is 0. The third-order valence-corrected chi connectivity index (χ3v) is 7.18. The Morgan fingerprint density at radius 2 is 1.03 bits per heavy atom. The van der Waals surface area contributed by atoms with Gasteiger partial charge in [-0.1, -0.05) is 72.6 Å². The number of benzene rings is 3. The van der Waals surface area contributed by atoms with Crippen LogP contribution in [0.4, 0.5) is 0 Å². The molecule has 0 saturated heterocycles. The van der Waals surface area contributed by atoms with Crippen molar-refractivity contribution >= 4 is 34.9 Å². The van der Waals surface area contributed by atoms with E-state index in [9.17, 15) is 8.76 Å². The third-order valence-electron chi connectivity index (χ3n) is 3.98. The molecule has 0 amide bonds. The molecular weight excluding hydrogens is 479 g/mol. The molecule has 6 heteroatoms. The van der Waals surface area contributed by atoms with E-state index in [2.05, 4.69) is 97.6 Å². The van der Waals surface area contributed by atoms with Gasteiger partial charge >= 0.3 is 28.4 Å². The van der Waals surface area contributed by atoms with E-state index in [0.29, 0.717) is 0 Å². The van der Waals surface area contributed by atoms with Gasteiger partial charge in [0.15, 0.2) is 0 Å². The van der Waals surface area contributed by atoms with E-state index in [1.165, 1.54) is 15.9 Å². The Labute approximate surface area is 205 Å². The van der Waals surface area contributed by atoms with Gasteiger partial charge in [-0.05, 0) is 36.4 Å². The number of hydrogen-bond donors (Lipinski definition) is 0. The van der Waals surface area contributed by atoms with Crippen LogP contribution < -0.4 is 15.9 Å². The molecule has 4 rings (SSSR count). The summed E-state index contributed by atoms with van der Waals surface area (Å²) in [6.45, 7) is 6.09. The van der Waals surface area contributed by atoms with Crippen molar-refractivity contribution in [1.82, 2.24) is 0 Å². The molecule has 162 valence electrons. The fraction of sp³-hybridized carbons (Fsp3) is 0.0769. The normalized spacial score (nSPS) is 9.91. The Balaban J connectivity index is 0.000000614. The standard InChI is InChI=1S/C18H15P.C5H5.C2H6O2S.CO.Fe/c1-4-10-16(11-5-1)19(17-12-6-2-7-13-17)18-14-8-3-9-15-18;1-2-4-5-3-1;1-2-5(3)4;1-2;/h1-15H;1-5H;2H2,1H3,(H,3,4);;/q;-1;;;+6. The minimum atomic E-state index is -1.82. The topological polar surface area (TPSA) is 60.0 Å². The van der Waals surface area contributed by atoms with E-state index >= 15 is 0 Å². The van der Waals surface area contributed by atoms with Gasteiger partial charge in [-0.15, -0.1) is 0 Å². The van der Waals surface area contributed by atoms with Crippen LogP contribution in [0.1, 0.15) is 6.92 Å². The molecular formula is C26H26FeO3PS+5. The van der Waals surface area contributed by atoms with Gasteiger partial charge in [0.1, 0.15) is 15.9 Å². The van der Waals surface area contributed by atoms with Gasteiger partial charge in [0.05, 0.1) is 7.92 Å². The fourth-order valence-electron chi connectivity index (χ4n) is 2.64. The van der Waals surface area contributed by atoms with E-state index in [4.69, 9.17) is 4.65 Å². The van der Waals surface area contributed by atoms with Crippen molar-refractivity contribution in [2.75, 3.05) is 5.75 Å². The van der Waals surface area contributed by atoms with Crippen LogP contribution in [0.3, 0.4) is 0 Å². The summed E-state index contributed by atoms with van der Waals surface area (Å²) in [5.74, 6) is 0.222. The van der Waals surface area contributed by atoms with Gasteiger partial charge in [0.25, 0.3) is 0 Å². The van der Waals surface area contributed by atoms with Crippen molar-refractivity contribution in [1.29, 1.82) is 0 Å². The first kappa shape index (κ1) is 29.8. The summed E-state index contributed by atoms with van der Waals surface area (Å²) in [4.78, 5) is 0. The van der Waals surface area contributed by atoms with Crippen LogP contribution >= 0.6 is 7.92 Å². The predicted octanol–water partition coefficient (Wildman–Crippen LogP) is 4.43. The Hall–Kier alpha value is -2.19. The molecule has 32 heavy (non-hydrogen) atoms. The van der Waals surface area contributed by atoms with Gasteiger partial charge < -0.3 is 4.55 Å². The smallest absolute Gasteiger partial charge is 0.214 e. The summed E-state index contributed by atoms with van der Waals surface area (Å²) < 4.78 is 26.2. The summed E-state index contributed by atoms with van der Waals surface area (Å²) >= 11 is -1.82. The minimum Gasteiger partial charge on any atom is -0.214 e. The summed E-state index contributed by atoms with van der Waals surface area (Å²) in [7, 11) is -0.877. The molecule has 4 aromatic rings. The summed E-state index contributed by atoms with van der Waals surface area (Å²) in [6, 6.07) is 42.5. The van der Waals surface area contributed by atoms with E-state index < -0.39 is 19.0 Å². The zero-order chi connectivity index (χ0) is 22.7. The van der Waals surface area contributed by atoms with E-state index in [1.807, 2.05) is 30.3 Å². The SMILES string of the molecule is CCS(=O)[O-].[C-]#[O+].[Fe+6].c1cc[cH-]c1.c1ccc([PH+](c2ccccc2)c2ccccc2)cc1. The largest absolute Gasteiger partial charge is 6.00 e. The zero-order valence-electron chi connectivity index (χ0n) is 17.7. The molecule has 0 bridgehead atoms. The van der Waals surface area contributed by atoms with Crippen LogP contribution in [0.5, 0.6) is 0 Å². The first-order valence-corrected chi connectivity index (χ1v) is 12.4. The molecule has 1 unspecified atom stereocenters. The predicted molar refractivity (Wildman–Crippen MR) is 132 cm³/mol. The number of rotatable bonds is 4. The second kappa shape index (κ2) is 19.5. The maximum absolute atomic E-state index is 9.37. The first-order chi connectivity index (χ1) is 15.2. The van der Waals surface area contributed by atoms with Crippen LogP contribution in [-0.4, -0.2) is 14.5 Å². The average Bonchev–Trinajstić information content (AvgIpc) is 3.44. The molecule has 0 aromatic heterocycles. The first-order valence-electron chi connectivity index (χ1n) is 9.68. The summed E-state index contributed by atoms with van der Waals surface area (Å²) in [5.41, 5.74) is 0. The molecule has 0 fully saturated rings. The molecule has 3 nitrogen and oxygen atoms in total. The van der Waals surface area contributed by atoms with Crippen molar-refractivity contribution < 1.29 is 30.5 Å². The quantitative estimate of drug-likeness (QED) is 0.136. The Bertz CT molecular complexity index is 852. The molecule has 0 aliphatic rings. The molecule has 0 aliphatic carbocycles. The third kappa shape index (κ3) is 12.0. The van der Waals surface area contributed by atoms with Gasteiger partial charge in [0, 0.05) is 5.75 Å². The van der Waals surface area contributed by atoms with Crippen LogP contribution in [0.25, 0.3) is 0 Å². The molecule has 0 radical (unpaired) electrons. The summed E-state index contributed by atoms with van der Waals surface area (Å²) in [5, 5.41) is 4.31. The zero-order valence-corrected chi connectivity index (χ0v) is 20.7. The van der Waals surface area contributed by atoms with Gasteiger partial charge in [-0.2, -0.15) is 18.2 Å². The van der Waals surface area contributed by atoms with E-state index in [-0.39, 0.29) is 22.8 Å². The average molecular weight is 505 g/mol. The van der Waals surface area contributed by atoms with Crippen LogP contribution in [0, 0.1) is 6.65 Å². The molecule has 1 atom stereocenters. The van der Waals surface area contributed by atoms with Crippen LogP contribution in [0.2, 0.25) is 0 Å². The molecule has 4 aromatic carbocycles. The van der Waals surface area contributed by atoms with Gasteiger partial charge in [-0.3, -0.25) is 4.21 Å². The van der Waals surface area contributed by atoms with Crippen molar-refractivity contribution in [2.24, 2.45) is 0 Å². The van der Waals surface area contributed by atoms with Crippen molar-refractivity contribution in [3.8, 4) is 0 Å². The Morgan fingerprint density at radius 1 is 0.750 bits per heavy atom. The van der Waals surface area contributed by atoms with Gasteiger partial charge in [-0.25, -0.2) is 12.1 Å². The molecule has 0 saturated carbocycles.